The van der Waals surface area contributed by atoms with Crippen LogP contribution in [0.1, 0.15) is 36.4 Å². The van der Waals surface area contributed by atoms with E-state index in [0.717, 1.165) is 35.2 Å². The van der Waals surface area contributed by atoms with Crippen molar-refractivity contribution in [3.05, 3.63) is 83.2 Å². The average molecular weight is 446 g/mol. The number of thioether (sulfide) groups is 1. The van der Waals surface area contributed by atoms with E-state index in [-0.39, 0.29) is 11.7 Å². The quantitative estimate of drug-likeness (QED) is 0.306. The van der Waals surface area contributed by atoms with E-state index in [4.69, 9.17) is 5.84 Å². The molecule has 3 aromatic carbocycles. The van der Waals surface area contributed by atoms with Crippen molar-refractivity contribution in [3.8, 4) is 0 Å². The van der Waals surface area contributed by atoms with Crippen LogP contribution in [-0.4, -0.2) is 26.5 Å². The summed E-state index contributed by atoms with van der Waals surface area (Å²) in [7, 11) is 0. The van der Waals surface area contributed by atoms with Crippen molar-refractivity contribution in [1.82, 2.24) is 14.9 Å². The molecule has 0 fully saturated rings. The lowest BCUT2D eigenvalue weighted by molar-refractivity contribution is -0.113. The van der Waals surface area contributed by atoms with Gasteiger partial charge < -0.3 is 11.2 Å². The number of benzene rings is 3. The molecular formula is C25H27N5OS. The summed E-state index contributed by atoms with van der Waals surface area (Å²) < 4.78 is 1.48. The summed E-state index contributed by atoms with van der Waals surface area (Å²) >= 11 is 1.29. The number of carbonyl (C=O) groups is 1. The van der Waals surface area contributed by atoms with E-state index in [1.165, 1.54) is 27.2 Å². The molecule has 4 rings (SSSR count). The van der Waals surface area contributed by atoms with Gasteiger partial charge in [-0.1, -0.05) is 86.3 Å². The molecule has 164 valence electrons. The summed E-state index contributed by atoms with van der Waals surface area (Å²) in [6.45, 7) is 4.18. The molecule has 0 unspecified atom stereocenters. The highest BCUT2D eigenvalue weighted by molar-refractivity contribution is 7.99. The molecule has 0 saturated heterocycles. The third kappa shape index (κ3) is 4.62. The van der Waals surface area contributed by atoms with Crippen LogP contribution in [0.5, 0.6) is 0 Å². The fourth-order valence-electron chi connectivity index (χ4n) is 3.85. The molecule has 32 heavy (non-hydrogen) atoms. The van der Waals surface area contributed by atoms with Crippen LogP contribution in [-0.2, 0) is 24.1 Å². The van der Waals surface area contributed by atoms with E-state index in [2.05, 4.69) is 65.8 Å². The lowest BCUT2D eigenvalue weighted by Crippen LogP contribution is -2.18. The molecule has 4 aromatic rings. The van der Waals surface area contributed by atoms with Gasteiger partial charge >= 0.3 is 0 Å². The normalized spacial score (nSPS) is 11.1. The van der Waals surface area contributed by atoms with Gasteiger partial charge in [0.2, 0.25) is 11.1 Å². The minimum Gasteiger partial charge on any atom is -0.336 e. The molecule has 0 spiro atoms. The van der Waals surface area contributed by atoms with Crippen LogP contribution in [0.15, 0.2) is 65.8 Å². The lowest BCUT2D eigenvalue weighted by Gasteiger charge is -2.14. The first-order valence-electron chi connectivity index (χ1n) is 10.8. The molecule has 1 aromatic heterocycles. The van der Waals surface area contributed by atoms with E-state index in [1.807, 2.05) is 24.3 Å². The van der Waals surface area contributed by atoms with Crippen LogP contribution in [0.3, 0.4) is 0 Å². The number of nitrogens with one attached hydrogen (secondary N) is 1. The fraction of sp³-hybridized carbons (Fsp3) is 0.240. The van der Waals surface area contributed by atoms with Gasteiger partial charge in [0.25, 0.3) is 0 Å². The van der Waals surface area contributed by atoms with Gasteiger partial charge in [0, 0.05) is 12.1 Å². The van der Waals surface area contributed by atoms with E-state index in [9.17, 15) is 4.79 Å². The van der Waals surface area contributed by atoms with Gasteiger partial charge in [-0.25, -0.2) is 4.68 Å². The Kier molecular flexibility index (Phi) is 6.75. The number of anilines is 1. The summed E-state index contributed by atoms with van der Waals surface area (Å²) in [4.78, 5) is 12.6. The molecule has 7 heteroatoms. The van der Waals surface area contributed by atoms with E-state index in [1.54, 1.807) is 0 Å². The summed E-state index contributed by atoms with van der Waals surface area (Å²) in [5, 5.41) is 14.4. The molecule has 0 aliphatic carbocycles. The van der Waals surface area contributed by atoms with Gasteiger partial charge in [0.15, 0.2) is 5.82 Å². The molecule has 0 saturated carbocycles. The molecule has 0 aliphatic heterocycles. The lowest BCUT2D eigenvalue weighted by atomic mass is 10.0. The van der Waals surface area contributed by atoms with Crippen molar-refractivity contribution in [3.63, 3.8) is 0 Å². The monoisotopic (exact) mass is 445 g/mol. The van der Waals surface area contributed by atoms with Gasteiger partial charge in [-0.05, 0) is 40.3 Å². The first kappa shape index (κ1) is 21.9. The molecule has 6 nitrogen and oxygen atoms in total. The fourth-order valence-corrected chi connectivity index (χ4v) is 4.53. The van der Waals surface area contributed by atoms with Crippen LogP contribution in [0.4, 0.5) is 5.69 Å². The third-order valence-corrected chi connectivity index (χ3v) is 6.50. The van der Waals surface area contributed by atoms with E-state index in [0.29, 0.717) is 17.4 Å². The number of fused-ring (bicyclic) bond motifs is 1. The minimum absolute atomic E-state index is 0.0794. The Morgan fingerprint density at radius 1 is 0.938 bits per heavy atom. The van der Waals surface area contributed by atoms with Crippen LogP contribution in [0.25, 0.3) is 10.8 Å². The highest BCUT2D eigenvalue weighted by atomic mass is 32.2. The number of rotatable bonds is 8. The van der Waals surface area contributed by atoms with Crippen LogP contribution in [0.2, 0.25) is 0 Å². The number of para-hydroxylation sites is 1. The Morgan fingerprint density at radius 3 is 2.34 bits per heavy atom. The highest BCUT2D eigenvalue weighted by Crippen LogP contribution is 2.24. The number of amides is 1. The predicted molar refractivity (Wildman–Crippen MR) is 131 cm³/mol. The van der Waals surface area contributed by atoms with Gasteiger partial charge in [-0.2, -0.15) is 0 Å². The highest BCUT2D eigenvalue weighted by Gasteiger charge is 2.15. The van der Waals surface area contributed by atoms with Gasteiger partial charge in [0.05, 0.1) is 5.75 Å². The SMILES string of the molecule is CCc1cccc(CC)c1NC(=O)CSc1nnc(Cc2cccc3ccccc23)n1N. The zero-order valence-electron chi connectivity index (χ0n) is 18.3. The Bertz CT molecular complexity index is 1220. The van der Waals surface area contributed by atoms with Crippen molar-refractivity contribution < 1.29 is 4.79 Å². The smallest absolute Gasteiger partial charge is 0.234 e. The molecular weight excluding hydrogens is 418 g/mol. The number of aryl methyl sites for hydroxylation is 2. The standard InChI is InChI=1S/C25H27N5OS/c1-3-17-10-7-11-18(4-2)24(17)27-23(31)16-32-25-29-28-22(30(25)26)15-20-13-8-12-19-9-5-6-14-21(19)20/h5-14H,3-4,15-16,26H2,1-2H3,(H,27,31). The molecule has 0 aliphatic rings. The topological polar surface area (TPSA) is 85.8 Å². The van der Waals surface area contributed by atoms with E-state index >= 15 is 0 Å². The summed E-state index contributed by atoms with van der Waals surface area (Å²) in [6.07, 6.45) is 2.30. The predicted octanol–water partition coefficient (Wildman–Crippen LogP) is 4.59. The molecule has 0 atom stereocenters. The number of aromatic nitrogens is 3. The summed E-state index contributed by atoms with van der Waals surface area (Å²) in [5.41, 5.74) is 4.35. The second-order valence-corrected chi connectivity index (χ2v) is 8.52. The molecule has 1 amide bonds. The van der Waals surface area contributed by atoms with Crippen molar-refractivity contribution >= 4 is 34.1 Å². The Hall–Kier alpha value is -3.32. The number of nitrogens with two attached hydrogens (primary N) is 1. The number of carbonyl (C=O) groups excluding carboxylic acids is 1. The van der Waals surface area contributed by atoms with Gasteiger partial charge in [-0.15, -0.1) is 10.2 Å². The van der Waals surface area contributed by atoms with Crippen molar-refractivity contribution in [2.75, 3.05) is 16.9 Å². The first-order chi connectivity index (χ1) is 15.6. The second kappa shape index (κ2) is 9.87. The number of nitrogens with zero attached hydrogens (tertiary/aromatic N) is 3. The minimum atomic E-state index is -0.0794. The molecule has 0 radical (unpaired) electrons. The van der Waals surface area contributed by atoms with Crippen molar-refractivity contribution in [2.45, 2.75) is 38.3 Å². The zero-order chi connectivity index (χ0) is 22.5. The van der Waals surface area contributed by atoms with Crippen molar-refractivity contribution in [2.24, 2.45) is 0 Å². The zero-order valence-corrected chi connectivity index (χ0v) is 19.2. The molecule has 0 bridgehead atoms. The summed E-state index contributed by atoms with van der Waals surface area (Å²) in [6, 6.07) is 20.6. The Balaban J connectivity index is 1.44. The van der Waals surface area contributed by atoms with Gasteiger partial charge in [-0.3, -0.25) is 4.79 Å². The number of hydrogen-bond donors (Lipinski definition) is 2. The Labute approximate surface area is 192 Å². The van der Waals surface area contributed by atoms with Crippen LogP contribution in [0, 0.1) is 0 Å². The summed E-state index contributed by atoms with van der Waals surface area (Å²) in [5.74, 6) is 7.06. The maximum absolute atomic E-state index is 12.6. The number of nitrogen functional groups attached to an aromatic ring is 1. The maximum Gasteiger partial charge on any atom is 0.234 e. The number of hydrogen-bond acceptors (Lipinski definition) is 5. The Morgan fingerprint density at radius 2 is 1.59 bits per heavy atom. The van der Waals surface area contributed by atoms with Crippen LogP contribution < -0.4 is 11.2 Å². The van der Waals surface area contributed by atoms with Gasteiger partial charge in [0.1, 0.15) is 0 Å². The average Bonchev–Trinajstić information content (AvgIpc) is 3.17. The first-order valence-corrected chi connectivity index (χ1v) is 11.8. The molecule has 3 N–H and O–H groups in total. The third-order valence-electron chi connectivity index (χ3n) is 5.56. The van der Waals surface area contributed by atoms with E-state index < -0.39 is 0 Å². The second-order valence-electron chi connectivity index (χ2n) is 7.58. The molecule has 1 heterocycles. The van der Waals surface area contributed by atoms with Crippen molar-refractivity contribution in [1.29, 1.82) is 0 Å². The maximum atomic E-state index is 12.6. The van der Waals surface area contributed by atoms with Crippen LogP contribution >= 0.6 is 11.8 Å². The largest absolute Gasteiger partial charge is 0.336 e.